The van der Waals surface area contributed by atoms with Crippen molar-refractivity contribution in [3.63, 3.8) is 0 Å². The van der Waals surface area contributed by atoms with Gasteiger partial charge < -0.3 is 19.9 Å². The number of unbranched alkanes of at least 4 members (excludes halogenated alkanes) is 1. The van der Waals surface area contributed by atoms with E-state index in [4.69, 9.17) is 14.5 Å². The maximum atomic E-state index is 14.4. The lowest BCUT2D eigenvalue weighted by Gasteiger charge is -2.28. The molecule has 0 amide bonds. The summed E-state index contributed by atoms with van der Waals surface area (Å²) in [5.74, 6) is 0.133. The second-order valence-corrected chi connectivity index (χ2v) is 13.0. The van der Waals surface area contributed by atoms with Crippen LogP contribution in [0.2, 0.25) is 0 Å². The third-order valence-corrected chi connectivity index (χ3v) is 10.2. The Bertz CT molecular complexity index is 1150. The van der Waals surface area contributed by atoms with Crippen LogP contribution in [0.25, 0.3) is 0 Å². The summed E-state index contributed by atoms with van der Waals surface area (Å²) in [5.41, 5.74) is 3.74. The summed E-state index contributed by atoms with van der Waals surface area (Å²) in [5, 5.41) is 13.7. The number of carboxylic acid groups (broad SMARTS) is 1. The molecule has 5 rings (SSSR count). The number of nitrogens with zero attached hydrogens (tertiary/aromatic N) is 2. The molecule has 0 bridgehead atoms. The lowest BCUT2D eigenvalue weighted by Crippen LogP contribution is -2.34. The number of halogens is 2. The van der Waals surface area contributed by atoms with Gasteiger partial charge in [0.15, 0.2) is 0 Å². The highest BCUT2D eigenvalue weighted by Crippen LogP contribution is 2.35. The van der Waals surface area contributed by atoms with Gasteiger partial charge in [-0.2, -0.15) is 0 Å². The molecule has 2 fully saturated rings. The van der Waals surface area contributed by atoms with E-state index < -0.39 is 17.8 Å². The summed E-state index contributed by atoms with van der Waals surface area (Å²) in [6.45, 7) is 4.04. The van der Waals surface area contributed by atoms with E-state index in [1.54, 1.807) is 6.07 Å². The van der Waals surface area contributed by atoms with Gasteiger partial charge in [-0.3, -0.25) is 9.69 Å². The van der Waals surface area contributed by atoms with Crippen LogP contribution >= 0.6 is 22.6 Å². The van der Waals surface area contributed by atoms with E-state index in [0.717, 1.165) is 75.0 Å². The number of alkyl halides is 1. The number of benzene rings is 1. The van der Waals surface area contributed by atoms with Crippen molar-refractivity contribution >= 4 is 34.4 Å². The number of carboxylic acids is 1. The van der Waals surface area contributed by atoms with Gasteiger partial charge >= 0.3 is 5.97 Å². The quantitative estimate of drug-likeness (QED) is 0.165. The minimum Gasteiger partial charge on any atom is -0.480 e. The number of aryl methyl sites for hydroxylation is 2. The van der Waals surface area contributed by atoms with Crippen LogP contribution in [0.15, 0.2) is 30.3 Å². The lowest BCUT2D eigenvalue weighted by molar-refractivity contribution is -0.143. The minimum atomic E-state index is -0.935. The predicted octanol–water partition coefficient (Wildman–Crippen LogP) is 5.94. The van der Waals surface area contributed by atoms with Crippen LogP contribution in [0.1, 0.15) is 73.4 Å². The zero-order valence-corrected chi connectivity index (χ0v) is 25.3. The van der Waals surface area contributed by atoms with Gasteiger partial charge in [-0.15, -0.1) is 0 Å². The zero-order chi connectivity index (χ0) is 27.9. The normalized spacial score (nSPS) is 21.5. The van der Waals surface area contributed by atoms with Crippen LogP contribution in [0.5, 0.6) is 0 Å². The fourth-order valence-corrected chi connectivity index (χ4v) is 7.25. The molecule has 218 valence electrons. The molecule has 3 aliphatic heterocycles. The number of likely N-dealkylation sites (tertiary alicyclic amines) is 1. The minimum absolute atomic E-state index is 0.0885. The highest BCUT2D eigenvalue weighted by Gasteiger charge is 2.37. The van der Waals surface area contributed by atoms with E-state index >= 15 is 0 Å². The van der Waals surface area contributed by atoms with Gasteiger partial charge in [0, 0.05) is 35.9 Å². The fourth-order valence-electron chi connectivity index (χ4n) is 6.22. The number of hydrogen-bond acceptors (Lipinski definition) is 6. The molecule has 2 aromatic rings. The van der Waals surface area contributed by atoms with Crippen LogP contribution < -0.4 is 5.32 Å². The Kier molecular flexibility index (Phi) is 10.7. The number of aromatic nitrogens is 1. The molecule has 4 heterocycles. The lowest BCUT2D eigenvalue weighted by atomic mass is 9.98. The Hall–Kier alpha value is -1.82. The van der Waals surface area contributed by atoms with Crippen molar-refractivity contribution in [1.29, 1.82) is 0 Å². The average Bonchev–Trinajstić information content (AvgIpc) is 3.45. The largest absolute Gasteiger partial charge is 0.480 e. The summed E-state index contributed by atoms with van der Waals surface area (Å²) in [4.78, 5) is 19.4. The number of pyridine rings is 1. The molecule has 3 aliphatic rings. The Morgan fingerprint density at radius 3 is 2.90 bits per heavy atom. The molecular formula is C31H41FIN3O4. The first-order valence-electron chi connectivity index (χ1n) is 14.8. The van der Waals surface area contributed by atoms with Crippen molar-refractivity contribution in [2.45, 2.75) is 80.5 Å². The molecule has 2 N–H and O–H groups in total. The smallest absolute Gasteiger partial charge is 0.325 e. The SMILES string of the molecule is O=C(O)[C@H](c1cc(F)ccc1COC1CCOCC1)N1CCC([C@H](I)CCCCc2ccc3c(n2)NCCC3)C1. The first kappa shape index (κ1) is 29.7. The van der Waals surface area contributed by atoms with Crippen molar-refractivity contribution in [2.75, 3.05) is 38.2 Å². The first-order chi connectivity index (χ1) is 19.5. The van der Waals surface area contributed by atoms with Gasteiger partial charge in [-0.05, 0) is 98.7 Å². The molecule has 0 radical (unpaired) electrons. The van der Waals surface area contributed by atoms with Gasteiger partial charge in [0.2, 0.25) is 0 Å². The molecule has 1 unspecified atom stereocenters. The van der Waals surface area contributed by atoms with E-state index in [0.29, 0.717) is 41.7 Å². The van der Waals surface area contributed by atoms with Gasteiger partial charge in [-0.1, -0.05) is 41.1 Å². The van der Waals surface area contributed by atoms with Crippen molar-refractivity contribution < 1.29 is 23.8 Å². The van der Waals surface area contributed by atoms with Crippen LogP contribution in [0.3, 0.4) is 0 Å². The fraction of sp³-hybridized carbons (Fsp3) is 0.613. The molecule has 1 aromatic heterocycles. The number of nitrogens with one attached hydrogen (secondary N) is 1. The van der Waals surface area contributed by atoms with E-state index in [2.05, 4.69) is 40.0 Å². The topological polar surface area (TPSA) is 83.9 Å². The van der Waals surface area contributed by atoms with Gasteiger partial charge in [-0.25, -0.2) is 9.37 Å². The molecule has 3 atom stereocenters. The third-order valence-electron chi connectivity index (χ3n) is 8.53. The Balaban J connectivity index is 1.14. The molecule has 7 nitrogen and oxygen atoms in total. The molecule has 2 saturated heterocycles. The van der Waals surface area contributed by atoms with Crippen molar-refractivity contribution in [3.05, 3.63) is 58.5 Å². The number of rotatable bonds is 12. The third kappa shape index (κ3) is 7.72. The second-order valence-electron chi connectivity index (χ2n) is 11.4. The number of hydrogen-bond donors (Lipinski definition) is 2. The standard InChI is InChI=1S/C31H41FIN3O4/c32-24-9-7-23(20-40-26-12-16-39-17-13-26)27(18-24)29(31(37)38)36-15-11-22(19-36)28(33)6-2-1-5-25-10-8-21-4-3-14-34-30(21)35-25/h7-10,18,22,26,28-29H,1-6,11-17,19-20H2,(H,34,35)(H,37,38)/t22?,28-,29+/m1/s1. The Labute approximate surface area is 250 Å². The Morgan fingerprint density at radius 1 is 1.23 bits per heavy atom. The highest BCUT2D eigenvalue weighted by atomic mass is 127. The zero-order valence-electron chi connectivity index (χ0n) is 23.1. The summed E-state index contributed by atoms with van der Waals surface area (Å²) in [6, 6.07) is 7.99. The molecule has 0 aliphatic carbocycles. The Morgan fingerprint density at radius 2 is 2.08 bits per heavy atom. The van der Waals surface area contributed by atoms with E-state index in [-0.39, 0.29) is 12.7 Å². The van der Waals surface area contributed by atoms with Gasteiger partial charge in [0.05, 0.1) is 12.7 Å². The number of fused-ring (bicyclic) bond motifs is 1. The van der Waals surface area contributed by atoms with Crippen molar-refractivity contribution in [2.24, 2.45) is 5.92 Å². The van der Waals surface area contributed by atoms with Crippen molar-refractivity contribution in [3.8, 4) is 0 Å². The molecule has 9 heteroatoms. The second kappa shape index (κ2) is 14.4. The molecule has 40 heavy (non-hydrogen) atoms. The number of ether oxygens (including phenoxy) is 2. The van der Waals surface area contributed by atoms with Crippen LogP contribution in [0.4, 0.5) is 10.2 Å². The maximum Gasteiger partial charge on any atom is 0.325 e. The summed E-state index contributed by atoms with van der Waals surface area (Å²) < 4.78 is 26.3. The van der Waals surface area contributed by atoms with E-state index in [1.807, 2.05) is 4.90 Å². The average molecular weight is 666 g/mol. The summed E-state index contributed by atoms with van der Waals surface area (Å²) >= 11 is 2.55. The summed E-state index contributed by atoms with van der Waals surface area (Å²) in [6.07, 6.45) is 9.27. The van der Waals surface area contributed by atoms with E-state index in [9.17, 15) is 14.3 Å². The summed E-state index contributed by atoms with van der Waals surface area (Å²) in [7, 11) is 0. The van der Waals surface area contributed by atoms with Crippen molar-refractivity contribution in [1.82, 2.24) is 9.88 Å². The number of aliphatic carboxylic acids is 1. The monoisotopic (exact) mass is 665 g/mol. The molecular weight excluding hydrogens is 624 g/mol. The highest BCUT2D eigenvalue weighted by molar-refractivity contribution is 14.1. The van der Waals surface area contributed by atoms with Crippen LogP contribution in [0, 0.1) is 11.7 Å². The number of carbonyl (C=O) groups is 1. The van der Waals surface area contributed by atoms with Crippen LogP contribution in [-0.2, 0) is 33.7 Å². The molecule has 0 saturated carbocycles. The maximum absolute atomic E-state index is 14.4. The van der Waals surface area contributed by atoms with Gasteiger partial charge in [0.25, 0.3) is 0 Å². The van der Waals surface area contributed by atoms with E-state index in [1.165, 1.54) is 24.1 Å². The van der Waals surface area contributed by atoms with Gasteiger partial charge in [0.1, 0.15) is 17.7 Å². The first-order valence-corrected chi connectivity index (χ1v) is 16.0. The number of anilines is 1. The van der Waals surface area contributed by atoms with Crippen LogP contribution in [-0.4, -0.2) is 63.8 Å². The predicted molar refractivity (Wildman–Crippen MR) is 161 cm³/mol. The molecule has 0 spiro atoms. The molecule has 1 aromatic carbocycles.